The second-order valence-corrected chi connectivity index (χ2v) is 8.52. The summed E-state index contributed by atoms with van der Waals surface area (Å²) in [5, 5.41) is 4.73. The van der Waals surface area contributed by atoms with Gasteiger partial charge in [-0.2, -0.15) is 0 Å². The Morgan fingerprint density at radius 1 is 1.12 bits per heavy atom. The molecule has 1 aliphatic heterocycles. The molecule has 1 aromatic carbocycles. The number of nitrogens with one attached hydrogen (secondary N) is 2. The van der Waals surface area contributed by atoms with E-state index in [9.17, 15) is 4.79 Å². The average molecular weight is 462 g/mol. The molecule has 1 aliphatic rings. The number of halogens is 1. The Balaban J connectivity index is 1.26. The van der Waals surface area contributed by atoms with Crippen molar-refractivity contribution in [3.63, 3.8) is 0 Å². The number of amides is 2. The van der Waals surface area contributed by atoms with Crippen molar-refractivity contribution < 1.29 is 4.79 Å². The first kappa shape index (κ1) is 21.2. The lowest BCUT2D eigenvalue weighted by Crippen LogP contribution is -2.52. The summed E-state index contributed by atoms with van der Waals surface area (Å²) in [4.78, 5) is 33.4. The summed E-state index contributed by atoms with van der Waals surface area (Å²) in [6, 6.07) is 13.4. The van der Waals surface area contributed by atoms with E-state index in [1.54, 1.807) is 12.5 Å². The lowest BCUT2D eigenvalue weighted by Gasteiger charge is -2.36. The number of pyridine rings is 1. The van der Waals surface area contributed by atoms with Crippen molar-refractivity contribution in [1.29, 1.82) is 0 Å². The van der Waals surface area contributed by atoms with Crippen LogP contribution in [0.4, 0.5) is 10.6 Å². The van der Waals surface area contributed by atoms with Crippen LogP contribution in [0.5, 0.6) is 0 Å². The van der Waals surface area contributed by atoms with E-state index in [2.05, 4.69) is 36.2 Å². The molecule has 2 amide bonds. The van der Waals surface area contributed by atoms with Gasteiger partial charge in [0.25, 0.3) is 0 Å². The Morgan fingerprint density at radius 2 is 1.91 bits per heavy atom. The molecular formula is C24H24ClN7O. The highest BCUT2D eigenvalue weighted by molar-refractivity contribution is 6.30. The first-order chi connectivity index (χ1) is 16.1. The normalized spacial score (nSPS) is 15.0. The molecule has 168 valence electrons. The van der Waals surface area contributed by atoms with Crippen LogP contribution in [-0.4, -0.2) is 57.0 Å². The molecule has 8 nitrogen and oxygen atoms in total. The number of aromatic nitrogens is 4. The predicted octanol–water partition coefficient (Wildman–Crippen LogP) is 4.27. The molecule has 0 saturated carbocycles. The number of nitrogens with zero attached hydrogens (tertiary/aromatic N) is 5. The van der Waals surface area contributed by atoms with Gasteiger partial charge in [0.05, 0.1) is 11.4 Å². The summed E-state index contributed by atoms with van der Waals surface area (Å²) in [5.41, 5.74) is 3.76. The first-order valence-corrected chi connectivity index (χ1v) is 11.3. The molecule has 5 rings (SSSR count). The summed E-state index contributed by atoms with van der Waals surface area (Å²) in [6.07, 6.45) is 5.15. The summed E-state index contributed by atoms with van der Waals surface area (Å²) in [5.74, 6) is 0.876. The zero-order valence-corrected chi connectivity index (χ0v) is 19.0. The van der Waals surface area contributed by atoms with Gasteiger partial charge in [-0.25, -0.2) is 14.8 Å². The molecule has 0 aliphatic carbocycles. The van der Waals surface area contributed by atoms with Crippen molar-refractivity contribution in [3.05, 3.63) is 71.8 Å². The maximum absolute atomic E-state index is 12.8. The highest BCUT2D eigenvalue weighted by Gasteiger charge is 2.24. The van der Waals surface area contributed by atoms with Crippen molar-refractivity contribution in [3.8, 4) is 11.3 Å². The van der Waals surface area contributed by atoms with Crippen molar-refractivity contribution in [2.45, 2.75) is 13.0 Å². The molecule has 0 radical (unpaired) electrons. The quantitative estimate of drug-likeness (QED) is 0.473. The molecule has 1 saturated heterocycles. The van der Waals surface area contributed by atoms with Gasteiger partial charge in [-0.15, -0.1) is 0 Å². The van der Waals surface area contributed by atoms with Crippen molar-refractivity contribution in [1.82, 2.24) is 30.2 Å². The van der Waals surface area contributed by atoms with Gasteiger partial charge in [0.1, 0.15) is 17.8 Å². The number of carbonyl (C=O) groups excluding carboxylic acids is 1. The molecule has 0 spiro atoms. The number of fused-ring (bicyclic) bond motifs is 1. The molecule has 4 heterocycles. The fraction of sp³-hybridized carbons (Fsp3) is 0.250. The number of H-pyrrole nitrogens is 1. The smallest absolute Gasteiger partial charge is 0.317 e. The third-order valence-electron chi connectivity index (χ3n) is 5.95. The van der Waals surface area contributed by atoms with Gasteiger partial charge in [0.15, 0.2) is 0 Å². The van der Waals surface area contributed by atoms with E-state index in [0.717, 1.165) is 33.7 Å². The molecular weight excluding hydrogens is 438 g/mol. The number of benzene rings is 1. The molecule has 33 heavy (non-hydrogen) atoms. The summed E-state index contributed by atoms with van der Waals surface area (Å²) in [7, 11) is 0. The molecule has 4 aromatic rings. The monoisotopic (exact) mass is 461 g/mol. The Kier molecular flexibility index (Phi) is 5.83. The number of carbonyl (C=O) groups is 1. The predicted molar refractivity (Wildman–Crippen MR) is 129 cm³/mol. The van der Waals surface area contributed by atoms with Crippen LogP contribution in [0.2, 0.25) is 5.02 Å². The van der Waals surface area contributed by atoms with E-state index in [4.69, 9.17) is 11.6 Å². The van der Waals surface area contributed by atoms with Crippen LogP contribution in [0.1, 0.15) is 18.5 Å². The summed E-state index contributed by atoms with van der Waals surface area (Å²) >= 11 is 5.96. The van der Waals surface area contributed by atoms with Crippen LogP contribution in [0, 0.1) is 0 Å². The van der Waals surface area contributed by atoms with Gasteiger partial charge in [-0.05, 0) is 42.8 Å². The molecule has 9 heteroatoms. The first-order valence-electron chi connectivity index (χ1n) is 10.9. The average Bonchev–Trinajstić information content (AvgIpc) is 3.30. The van der Waals surface area contributed by atoms with Gasteiger partial charge >= 0.3 is 6.03 Å². The highest BCUT2D eigenvalue weighted by atomic mass is 35.5. The van der Waals surface area contributed by atoms with E-state index < -0.39 is 0 Å². The maximum atomic E-state index is 12.8. The molecule has 0 bridgehead atoms. The molecule has 0 unspecified atom stereocenters. The minimum Gasteiger partial charge on any atom is -0.352 e. The fourth-order valence-electron chi connectivity index (χ4n) is 4.09. The van der Waals surface area contributed by atoms with Crippen LogP contribution in [0.15, 0.2) is 61.2 Å². The van der Waals surface area contributed by atoms with Crippen molar-refractivity contribution in [2.24, 2.45) is 0 Å². The van der Waals surface area contributed by atoms with Crippen LogP contribution in [0.25, 0.3) is 22.3 Å². The van der Waals surface area contributed by atoms with Crippen LogP contribution in [0.3, 0.4) is 0 Å². The van der Waals surface area contributed by atoms with Crippen molar-refractivity contribution >= 4 is 34.5 Å². The van der Waals surface area contributed by atoms with E-state index in [1.165, 1.54) is 0 Å². The Bertz CT molecular complexity index is 1250. The third kappa shape index (κ3) is 4.47. The maximum Gasteiger partial charge on any atom is 0.317 e. The number of anilines is 1. The zero-order valence-electron chi connectivity index (χ0n) is 18.2. The van der Waals surface area contributed by atoms with E-state index in [-0.39, 0.29) is 12.1 Å². The SMILES string of the molecule is C[C@H](NC(=O)N1CCN(c2ncnc3[nH]c(-c4cccnc4)cc23)CC1)c1ccc(Cl)cc1. The standard InChI is InChI=1S/C24H24ClN7O/c1-16(17-4-6-19(25)7-5-17)29-24(33)32-11-9-31(10-12-32)23-20-13-21(18-3-2-8-26-14-18)30-22(20)27-15-28-23/h2-8,13-16H,9-12H2,1H3,(H,29,33)(H,27,28,30)/t16-/m0/s1. The number of urea groups is 1. The van der Waals surface area contributed by atoms with Gasteiger partial charge in [-0.3, -0.25) is 4.98 Å². The molecule has 2 N–H and O–H groups in total. The minimum absolute atomic E-state index is 0.0644. The number of rotatable bonds is 4. The van der Waals surface area contributed by atoms with E-state index in [1.807, 2.05) is 54.4 Å². The summed E-state index contributed by atoms with van der Waals surface area (Å²) < 4.78 is 0. The van der Waals surface area contributed by atoms with Gasteiger partial charge in [0, 0.05) is 54.9 Å². The largest absolute Gasteiger partial charge is 0.352 e. The Hall–Kier alpha value is -3.65. The topological polar surface area (TPSA) is 90.0 Å². The fourth-order valence-corrected chi connectivity index (χ4v) is 4.21. The Labute approximate surface area is 196 Å². The number of piperazine rings is 1. The van der Waals surface area contributed by atoms with Gasteiger partial charge in [0.2, 0.25) is 0 Å². The lowest BCUT2D eigenvalue weighted by atomic mass is 10.1. The Morgan fingerprint density at radius 3 is 2.64 bits per heavy atom. The van der Waals surface area contributed by atoms with Crippen LogP contribution < -0.4 is 10.2 Å². The molecule has 1 atom stereocenters. The van der Waals surface area contributed by atoms with Gasteiger partial charge in [-0.1, -0.05) is 23.7 Å². The number of hydrogen-bond acceptors (Lipinski definition) is 5. The number of hydrogen-bond donors (Lipinski definition) is 2. The van der Waals surface area contributed by atoms with E-state index in [0.29, 0.717) is 31.2 Å². The van der Waals surface area contributed by atoms with Crippen LogP contribution in [-0.2, 0) is 0 Å². The third-order valence-corrected chi connectivity index (χ3v) is 6.21. The molecule has 3 aromatic heterocycles. The minimum atomic E-state index is -0.0972. The van der Waals surface area contributed by atoms with Crippen molar-refractivity contribution in [2.75, 3.05) is 31.1 Å². The van der Waals surface area contributed by atoms with Crippen LogP contribution >= 0.6 is 11.6 Å². The molecule has 1 fully saturated rings. The highest BCUT2D eigenvalue weighted by Crippen LogP contribution is 2.29. The number of aromatic amines is 1. The zero-order chi connectivity index (χ0) is 22.8. The van der Waals surface area contributed by atoms with Gasteiger partial charge < -0.3 is 20.1 Å². The lowest BCUT2D eigenvalue weighted by molar-refractivity contribution is 0.191. The second kappa shape index (κ2) is 9.07. The second-order valence-electron chi connectivity index (χ2n) is 8.08. The summed E-state index contributed by atoms with van der Waals surface area (Å²) in [6.45, 7) is 4.60. The van der Waals surface area contributed by atoms with E-state index >= 15 is 0 Å².